The lowest BCUT2D eigenvalue weighted by Crippen LogP contribution is -2.47. The number of fused-ring (bicyclic) bond motifs is 1. The van der Waals surface area contributed by atoms with Crippen molar-refractivity contribution in [2.75, 3.05) is 44.7 Å². The van der Waals surface area contributed by atoms with E-state index in [0.717, 1.165) is 31.7 Å². The topological polar surface area (TPSA) is 55.7 Å². The van der Waals surface area contributed by atoms with E-state index in [1.807, 2.05) is 17.2 Å². The minimum atomic E-state index is -4.73. The number of halogens is 3. The highest BCUT2D eigenvalue weighted by atomic mass is 19.4. The fourth-order valence-corrected chi connectivity index (χ4v) is 4.39. The van der Waals surface area contributed by atoms with Crippen LogP contribution in [0.2, 0.25) is 0 Å². The van der Waals surface area contributed by atoms with Crippen molar-refractivity contribution < 1.29 is 17.9 Å². The summed E-state index contributed by atoms with van der Waals surface area (Å²) in [6.45, 7) is 5.11. The summed E-state index contributed by atoms with van der Waals surface area (Å²) in [5.74, 6) is 1.14. The first-order chi connectivity index (χ1) is 16.8. The van der Waals surface area contributed by atoms with Crippen LogP contribution in [0.25, 0.3) is 0 Å². The van der Waals surface area contributed by atoms with Crippen molar-refractivity contribution in [1.29, 1.82) is 0 Å². The van der Waals surface area contributed by atoms with Gasteiger partial charge in [0.1, 0.15) is 17.4 Å². The molecule has 0 amide bonds. The summed E-state index contributed by atoms with van der Waals surface area (Å²) < 4.78 is 42.0. The van der Waals surface area contributed by atoms with Crippen molar-refractivity contribution >= 4 is 17.4 Å². The number of likely N-dealkylation sites (N-methyl/N-ethyl adjacent to an activating group) is 1. The fourth-order valence-electron chi connectivity index (χ4n) is 4.39. The molecule has 0 radical (unpaired) electrons. The Morgan fingerprint density at radius 3 is 2.57 bits per heavy atom. The number of amidine groups is 2. The Balaban J connectivity index is 1.23. The van der Waals surface area contributed by atoms with Gasteiger partial charge in [-0.05, 0) is 54.6 Å². The lowest BCUT2D eigenvalue weighted by molar-refractivity contribution is -0.274. The number of benzene rings is 2. The van der Waals surface area contributed by atoms with Crippen LogP contribution in [0.15, 0.2) is 70.7 Å². The van der Waals surface area contributed by atoms with Gasteiger partial charge in [-0.1, -0.05) is 24.3 Å². The Labute approximate surface area is 202 Å². The third-order valence-electron chi connectivity index (χ3n) is 6.32. The first-order valence-electron chi connectivity index (χ1n) is 11.5. The predicted octanol–water partition coefficient (Wildman–Crippen LogP) is 3.77. The molecule has 1 N–H and O–H groups in total. The van der Waals surface area contributed by atoms with E-state index in [0.29, 0.717) is 30.3 Å². The number of piperazine rings is 1. The Kier molecular flexibility index (Phi) is 6.38. The Morgan fingerprint density at radius 1 is 1.06 bits per heavy atom. The van der Waals surface area contributed by atoms with E-state index in [2.05, 4.69) is 61.3 Å². The van der Waals surface area contributed by atoms with Crippen molar-refractivity contribution in [3.8, 4) is 5.75 Å². The standard InChI is InChI=1S/C25H27F3N6O/c1-32-11-13-33(14-12-32)20-7-5-18(6-8-20)16-29-23-9-10-24-30-17-22(34(24)31-23)19-3-2-4-21(15-19)35-25(26,27)28/h2-10,15,22H,11-14,16-17H2,1H3,(H,29,31). The van der Waals surface area contributed by atoms with Gasteiger partial charge in [0.05, 0.1) is 19.1 Å². The van der Waals surface area contributed by atoms with E-state index < -0.39 is 6.36 Å². The Bertz CT molecular complexity index is 1140. The molecule has 10 heteroatoms. The van der Waals surface area contributed by atoms with Crippen LogP contribution in [0.5, 0.6) is 5.75 Å². The van der Waals surface area contributed by atoms with Crippen molar-refractivity contribution in [2.45, 2.75) is 18.9 Å². The summed E-state index contributed by atoms with van der Waals surface area (Å²) in [5, 5.41) is 1.84. The SMILES string of the molecule is CN1CCN(c2ccc(CN=C3C=CC4=NCC(c5cccc(OC(F)(F)F)c5)N4N3)cc2)CC1. The molecule has 2 aromatic carbocycles. The van der Waals surface area contributed by atoms with Crippen molar-refractivity contribution in [1.82, 2.24) is 15.3 Å². The fraction of sp³-hybridized carbons (Fsp3) is 0.360. The first kappa shape index (κ1) is 23.2. The molecule has 35 heavy (non-hydrogen) atoms. The van der Waals surface area contributed by atoms with Crippen LogP contribution in [0, 0.1) is 0 Å². The maximum atomic E-state index is 12.6. The number of hydrazine groups is 1. The predicted molar refractivity (Wildman–Crippen MR) is 130 cm³/mol. The highest BCUT2D eigenvalue weighted by Gasteiger charge is 2.33. The van der Waals surface area contributed by atoms with Gasteiger partial charge < -0.3 is 14.5 Å². The average molecular weight is 485 g/mol. The van der Waals surface area contributed by atoms with Crippen LogP contribution < -0.4 is 15.1 Å². The lowest BCUT2D eigenvalue weighted by Gasteiger charge is -2.34. The third kappa shape index (κ3) is 5.59. The number of nitrogens with one attached hydrogen (secondary N) is 1. The van der Waals surface area contributed by atoms with E-state index in [1.54, 1.807) is 12.1 Å². The third-order valence-corrected chi connectivity index (χ3v) is 6.32. The van der Waals surface area contributed by atoms with Crippen LogP contribution in [-0.2, 0) is 6.54 Å². The van der Waals surface area contributed by atoms with Gasteiger partial charge in [-0.2, -0.15) is 0 Å². The van der Waals surface area contributed by atoms with Crippen LogP contribution in [0.4, 0.5) is 18.9 Å². The smallest absolute Gasteiger partial charge is 0.406 e. The van der Waals surface area contributed by atoms with E-state index >= 15 is 0 Å². The highest BCUT2D eigenvalue weighted by Crippen LogP contribution is 2.31. The highest BCUT2D eigenvalue weighted by molar-refractivity contribution is 6.07. The minimum absolute atomic E-state index is 0.245. The first-order valence-corrected chi connectivity index (χ1v) is 11.5. The number of rotatable bonds is 5. The quantitative estimate of drug-likeness (QED) is 0.701. The monoisotopic (exact) mass is 484 g/mol. The zero-order valence-corrected chi connectivity index (χ0v) is 19.4. The van der Waals surface area contributed by atoms with E-state index in [1.165, 1.54) is 17.8 Å². The van der Waals surface area contributed by atoms with Crippen LogP contribution >= 0.6 is 0 Å². The minimum Gasteiger partial charge on any atom is -0.406 e. The van der Waals surface area contributed by atoms with Crippen LogP contribution in [-0.4, -0.2) is 67.7 Å². The van der Waals surface area contributed by atoms with Gasteiger partial charge >= 0.3 is 6.36 Å². The maximum absolute atomic E-state index is 12.6. The maximum Gasteiger partial charge on any atom is 0.573 e. The molecule has 0 saturated carbocycles. The second kappa shape index (κ2) is 9.61. The number of anilines is 1. The number of ether oxygens (including phenoxy) is 1. The molecular weight excluding hydrogens is 457 g/mol. The summed E-state index contributed by atoms with van der Waals surface area (Å²) >= 11 is 0. The van der Waals surface area contributed by atoms with Gasteiger partial charge in [0.15, 0.2) is 0 Å². The number of alkyl halides is 3. The molecule has 0 bridgehead atoms. The molecule has 0 aliphatic carbocycles. The molecular formula is C25H27F3N6O. The number of hydrogen-bond donors (Lipinski definition) is 1. The van der Waals surface area contributed by atoms with Gasteiger partial charge in [0, 0.05) is 31.9 Å². The molecule has 1 unspecified atom stereocenters. The van der Waals surface area contributed by atoms with E-state index in [-0.39, 0.29) is 11.8 Å². The number of nitrogens with zero attached hydrogens (tertiary/aromatic N) is 5. The molecule has 184 valence electrons. The molecule has 3 aliphatic rings. The lowest BCUT2D eigenvalue weighted by atomic mass is 10.1. The second-order valence-electron chi connectivity index (χ2n) is 8.81. The largest absolute Gasteiger partial charge is 0.573 e. The molecule has 3 aliphatic heterocycles. The van der Waals surface area contributed by atoms with Crippen molar-refractivity contribution in [2.24, 2.45) is 9.98 Å². The molecule has 2 aromatic rings. The molecule has 1 fully saturated rings. The van der Waals surface area contributed by atoms with Gasteiger partial charge in [0.25, 0.3) is 0 Å². The second-order valence-corrected chi connectivity index (χ2v) is 8.81. The molecule has 0 aromatic heterocycles. The van der Waals surface area contributed by atoms with Crippen molar-refractivity contribution in [3.63, 3.8) is 0 Å². The van der Waals surface area contributed by atoms with Crippen molar-refractivity contribution in [3.05, 3.63) is 71.8 Å². The molecule has 5 rings (SSSR count). The molecule has 7 nitrogen and oxygen atoms in total. The summed E-state index contributed by atoms with van der Waals surface area (Å²) in [6, 6.07) is 14.2. The van der Waals surface area contributed by atoms with E-state index in [9.17, 15) is 13.2 Å². The molecule has 3 heterocycles. The average Bonchev–Trinajstić information content (AvgIpc) is 3.26. The molecule has 1 saturated heterocycles. The van der Waals surface area contributed by atoms with Gasteiger partial charge in [-0.25, -0.2) is 0 Å². The normalized spacial score (nSPS) is 21.7. The summed E-state index contributed by atoms with van der Waals surface area (Å²) in [5.41, 5.74) is 6.25. The molecule has 0 spiro atoms. The van der Waals surface area contributed by atoms with Gasteiger partial charge in [0.2, 0.25) is 0 Å². The molecule has 1 atom stereocenters. The van der Waals surface area contributed by atoms with Gasteiger partial charge in [-0.15, -0.1) is 13.2 Å². The number of hydrogen-bond acceptors (Lipinski definition) is 6. The summed E-state index contributed by atoms with van der Waals surface area (Å²) in [6.07, 6.45) is -1.01. The zero-order chi connectivity index (χ0) is 24.4. The van der Waals surface area contributed by atoms with Crippen LogP contribution in [0.1, 0.15) is 17.2 Å². The zero-order valence-electron chi connectivity index (χ0n) is 19.4. The van der Waals surface area contributed by atoms with E-state index in [4.69, 9.17) is 0 Å². The van der Waals surface area contributed by atoms with Gasteiger partial charge in [-0.3, -0.25) is 20.4 Å². The Hall–Kier alpha value is -3.53. The summed E-state index contributed by atoms with van der Waals surface area (Å²) in [4.78, 5) is 13.9. The summed E-state index contributed by atoms with van der Waals surface area (Å²) in [7, 11) is 2.14. The van der Waals surface area contributed by atoms with Crippen LogP contribution in [0.3, 0.4) is 0 Å². The number of aliphatic imine (C=N–C) groups is 2. The Morgan fingerprint density at radius 2 is 1.83 bits per heavy atom.